The van der Waals surface area contributed by atoms with Gasteiger partial charge in [0.1, 0.15) is 34.2 Å². The normalized spacial score (nSPS) is 21.7. The lowest BCUT2D eigenvalue weighted by Gasteiger charge is -2.37. The van der Waals surface area contributed by atoms with E-state index in [1.165, 1.54) is 21.0 Å². The van der Waals surface area contributed by atoms with E-state index in [2.05, 4.69) is 0 Å². The molecule has 0 amide bonds. The molecule has 2 aromatic carbocycles. The van der Waals surface area contributed by atoms with Crippen LogP contribution in [0.25, 0.3) is 6.08 Å². The Hall–Kier alpha value is -3.07. The number of rotatable bonds is 5. The minimum atomic E-state index is -1.57. The van der Waals surface area contributed by atoms with Crippen LogP contribution in [0.15, 0.2) is 30.3 Å². The number of carbonyl (C=O) groups is 1. The fraction of sp³-hybridized carbons (Fsp3) is 0.423. The van der Waals surface area contributed by atoms with Crippen molar-refractivity contribution in [2.75, 3.05) is 7.11 Å². The van der Waals surface area contributed by atoms with Crippen LogP contribution in [0, 0.1) is 0 Å². The molecule has 2 heterocycles. The van der Waals surface area contributed by atoms with Gasteiger partial charge in [-0.05, 0) is 57.5 Å². The van der Waals surface area contributed by atoms with E-state index in [4.69, 9.17) is 14.2 Å². The summed E-state index contributed by atoms with van der Waals surface area (Å²) in [5.41, 5.74) is -1.25. The molecule has 3 atom stereocenters. The molecule has 0 spiro atoms. The lowest BCUT2D eigenvalue weighted by atomic mass is 9.85. The number of ether oxygens (including phenoxy) is 3. The summed E-state index contributed by atoms with van der Waals surface area (Å²) in [7, 11) is 1.53. The first kappa shape index (κ1) is 24.1. The number of methoxy groups -OCH3 is 1. The molecule has 2 aliphatic rings. The molecule has 8 heteroatoms. The monoisotopic (exact) mass is 470 g/mol. The number of aliphatic hydroxyl groups is 3. The van der Waals surface area contributed by atoms with Crippen molar-refractivity contribution in [2.45, 2.75) is 63.6 Å². The zero-order valence-corrected chi connectivity index (χ0v) is 19.8. The van der Waals surface area contributed by atoms with Crippen molar-refractivity contribution in [3.8, 4) is 23.0 Å². The van der Waals surface area contributed by atoms with Gasteiger partial charge in [-0.1, -0.05) is 12.1 Å². The third-order valence-corrected chi connectivity index (χ3v) is 6.23. The largest absolute Gasteiger partial charge is 0.506 e. The van der Waals surface area contributed by atoms with Gasteiger partial charge in [0, 0.05) is 12.0 Å². The number of hydrogen-bond acceptors (Lipinski definition) is 8. The molecule has 0 fully saturated rings. The topological polar surface area (TPSA) is 126 Å². The van der Waals surface area contributed by atoms with Gasteiger partial charge in [-0.3, -0.25) is 4.79 Å². The van der Waals surface area contributed by atoms with Crippen molar-refractivity contribution >= 4 is 11.9 Å². The summed E-state index contributed by atoms with van der Waals surface area (Å²) in [6.07, 6.45) is -0.591. The zero-order valence-electron chi connectivity index (χ0n) is 19.8. The van der Waals surface area contributed by atoms with Gasteiger partial charge in [0.15, 0.2) is 12.2 Å². The van der Waals surface area contributed by atoms with E-state index in [9.17, 15) is 25.2 Å². The highest BCUT2D eigenvalue weighted by Crippen LogP contribution is 2.51. The molecular formula is C26H30O8. The quantitative estimate of drug-likeness (QED) is 0.526. The Labute approximate surface area is 198 Å². The summed E-state index contributed by atoms with van der Waals surface area (Å²) < 4.78 is 17.5. The SMILES string of the molecule is COc1ccc([C@H]2Oc3c(C[C@H](O)C(C)(C)O)c4c(c(O)c3C(=O)[C@@H]2O)C=CC(C)(C)O4)cc1. The van der Waals surface area contributed by atoms with Gasteiger partial charge >= 0.3 is 0 Å². The summed E-state index contributed by atoms with van der Waals surface area (Å²) in [6, 6.07) is 6.73. The Balaban J connectivity index is 1.91. The maximum atomic E-state index is 13.3. The predicted molar refractivity (Wildman–Crippen MR) is 125 cm³/mol. The highest BCUT2D eigenvalue weighted by molar-refractivity contribution is 6.07. The molecule has 8 nitrogen and oxygen atoms in total. The molecule has 0 saturated heterocycles. The minimum absolute atomic E-state index is 0.0155. The van der Waals surface area contributed by atoms with Crippen LogP contribution in [0.2, 0.25) is 0 Å². The van der Waals surface area contributed by atoms with E-state index in [0.29, 0.717) is 16.9 Å². The standard InChI is InChI=1S/C26H30O8/c1-25(2)11-10-15-19(28)18-20(29)21(30)22(13-6-8-14(32-5)9-7-13)33-24(18)16(23(15)34-25)12-17(27)26(3,4)31/h6-11,17,21-22,27-28,30-31H,12H2,1-5H3/t17-,21-,22+/m0/s1. The van der Waals surface area contributed by atoms with Crippen LogP contribution in [0.3, 0.4) is 0 Å². The summed E-state index contributed by atoms with van der Waals surface area (Å²) in [6.45, 7) is 6.60. The third kappa shape index (κ3) is 4.13. The Morgan fingerprint density at radius 3 is 2.41 bits per heavy atom. The summed E-state index contributed by atoms with van der Waals surface area (Å²) in [5, 5.41) is 42.9. The number of aliphatic hydroxyl groups excluding tert-OH is 2. The zero-order chi connectivity index (χ0) is 25.0. The smallest absolute Gasteiger partial charge is 0.202 e. The van der Waals surface area contributed by atoms with Crippen LogP contribution >= 0.6 is 0 Å². The number of benzene rings is 2. The molecule has 0 bridgehead atoms. The number of hydrogen-bond donors (Lipinski definition) is 4. The summed E-state index contributed by atoms with van der Waals surface area (Å²) >= 11 is 0. The molecular weight excluding hydrogens is 440 g/mol. The Morgan fingerprint density at radius 1 is 1.18 bits per heavy atom. The molecule has 4 rings (SSSR count). The van der Waals surface area contributed by atoms with Crippen molar-refractivity contribution < 1.29 is 39.4 Å². The van der Waals surface area contributed by atoms with Crippen LogP contribution < -0.4 is 14.2 Å². The average Bonchev–Trinajstić information content (AvgIpc) is 2.77. The second-order valence-electron chi connectivity index (χ2n) is 9.81. The first-order valence-corrected chi connectivity index (χ1v) is 11.1. The predicted octanol–water partition coefficient (Wildman–Crippen LogP) is 2.94. The van der Waals surface area contributed by atoms with Crippen molar-refractivity contribution in [1.29, 1.82) is 0 Å². The van der Waals surface area contributed by atoms with Gasteiger partial charge in [0.05, 0.1) is 24.4 Å². The Morgan fingerprint density at radius 2 is 1.82 bits per heavy atom. The molecule has 4 N–H and O–H groups in total. The van der Waals surface area contributed by atoms with E-state index in [1.807, 2.05) is 13.8 Å². The molecule has 0 unspecified atom stereocenters. The highest BCUT2D eigenvalue weighted by atomic mass is 16.5. The number of Topliss-reactive ketones (excluding diaryl/α,β-unsaturated/α-hetero) is 1. The third-order valence-electron chi connectivity index (χ3n) is 6.23. The number of aromatic hydroxyl groups is 1. The molecule has 0 radical (unpaired) electrons. The van der Waals surface area contributed by atoms with E-state index >= 15 is 0 Å². The van der Waals surface area contributed by atoms with Gasteiger partial charge in [0.25, 0.3) is 0 Å². The van der Waals surface area contributed by atoms with E-state index < -0.39 is 35.3 Å². The second-order valence-corrected chi connectivity index (χ2v) is 9.81. The first-order valence-electron chi connectivity index (χ1n) is 11.1. The molecule has 0 aromatic heterocycles. The molecule has 0 aliphatic carbocycles. The fourth-order valence-corrected chi connectivity index (χ4v) is 4.13. The van der Waals surface area contributed by atoms with Crippen LogP contribution in [0.1, 0.15) is 60.8 Å². The van der Waals surface area contributed by atoms with E-state index in [1.54, 1.807) is 36.4 Å². The molecule has 34 heavy (non-hydrogen) atoms. The van der Waals surface area contributed by atoms with Gasteiger partial charge in [-0.15, -0.1) is 0 Å². The highest BCUT2D eigenvalue weighted by Gasteiger charge is 2.44. The van der Waals surface area contributed by atoms with Crippen LogP contribution in [-0.2, 0) is 6.42 Å². The fourth-order valence-electron chi connectivity index (χ4n) is 4.13. The maximum absolute atomic E-state index is 13.3. The Kier molecular flexibility index (Phi) is 5.88. The van der Waals surface area contributed by atoms with Gasteiger partial charge in [-0.2, -0.15) is 0 Å². The number of fused-ring (bicyclic) bond motifs is 2. The molecule has 2 aromatic rings. The van der Waals surface area contributed by atoms with Crippen molar-refractivity contribution in [2.24, 2.45) is 0 Å². The first-order chi connectivity index (χ1) is 15.8. The number of carbonyl (C=O) groups excluding carboxylic acids is 1. The maximum Gasteiger partial charge on any atom is 0.202 e. The van der Waals surface area contributed by atoms with Crippen molar-refractivity contribution in [3.05, 3.63) is 52.6 Å². The van der Waals surface area contributed by atoms with Crippen molar-refractivity contribution in [3.63, 3.8) is 0 Å². The number of phenolic OH excluding ortho intramolecular Hbond substituents is 1. The lowest BCUT2D eigenvalue weighted by molar-refractivity contribution is -0.0479. The summed E-state index contributed by atoms with van der Waals surface area (Å²) in [4.78, 5) is 13.3. The van der Waals surface area contributed by atoms with E-state index in [0.717, 1.165) is 0 Å². The number of ketones is 1. The number of phenols is 1. The van der Waals surface area contributed by atoms with Crippen LogP contribution in [0.5, 0.6) is 23.0 Å². The van der Waals surface area contributed by atoms with Gasteiger partial charge in [0.2, 0.25) is 5.78 Å². The lowest BCUT2D eigenvalue weighted by Crippen LogP contribution is -2.40. The summed E-state index contributed by atoms with van der Waals surface area (Å²) in [5.74, 6) is -0.203. The minimum Gasteiger partial charge on any atom is -0.506 e. The van der Waals surface area contributed by atoms with Crippen LogP contribution in [-0.4, -0.2) is 56.7 Å². The van der Waals surface area contributed by atoms with Gasteiger partial charge in [-0.25, -0.2) is 0 Å². The average molecular weight is 471 g/mol. The van der Waals surface area contributed by atoms with E-state index in [-0.39, 0.29) is 34.8 Å². The second kappa shape index (κ2) is 8.30. The van der Waals surface area contributed by atoms with Gasteiger partial charge < -0.3 is 34.6 Å². The Bertz CT molecular complexity index is 1140. The molecule has 182 valence electrons. The van der Waals surface area contributed by atoms with Crippen molar-refractivity contribution in [1.82, 2.24) is 0 Å². The molecule has 0 saturated carbocycles. The molecule has 2 aliphatic heterocycles. The van der Waals surface area contributed by atoms with Crippen LogP contribution in [0.4, 0.5) is 0 Å².